The van der Waals surface area contributed by atoms with Gasteiger partial charge in [-0.25, -0.2) is 13.1 Å². The van der Waals surface area contributed by atoms with Crippen molar-refractivity contribution in [2.75, 3.05) is 51.7 Å². The lowest BCUT2D eigenvalue weighted by Gasteiger charge is -2.25. The second kappa shape index (κ2) is 12.4. The largest absolute Gasteiger partial charge is 0.381 e. The summed E-state index contributed by atoms with van der Waals surface area (Å²) in [7, 11) is -3.23. The van der Waals surface area contributed by atoms with E-state index in [0.717, 1.165) is 58.1 Å². The van der Waals surface area contributed by atoms with Crippen LogP contribution in [0.1, 0.15) is 39.5 Å². The van der Waals surface area contributed by atoms with E-state index in [9.17, 15) is 8.42 Å². The Kier molecular flexibility index (Phi) is 11.4. The first kappa shape index (κ1) is 23.9. The molecule has 1 saturated carbocycles. The van der Waals surface area contributed by atoms with E-state index in [2.05, 4.69) is 19.9 Å². The van der Waals surface area contributed by atoms with Crippen LogP contribution < -0.4 is 10.0 Å². The number of guanidine groups is 1. The van der Waals surface area contributed by atoms with E-state index in [1.807, 2.05) is 13.8 Å². The summed E-state index contributed by atoms with van der Waals surface area (Å²) >= 11 is 0. The third-order valence-corrected chi connectivity index (χ3v) is 6.24. The third-order valence-electron chi connectivity index (χ3n) is 4.92. The lowest BCUT2D eigenvalue weighted by Crippen LogP contribution is -2.41. The highest BCUT2D eigenvalue weighted by Gasteiger charge is 2.25. The predicted molar refractivity (Wildman–Crippen MR) is 117 cm³/mol. The number of sulfonamides is 1. The molecule has 1 aliphatic carbocycles. The minimum absolute atomic E-state index is 0. The molecule has 0 aromatic rings. The maximum absolute atomic E-state index is 12.1. The molecule has 0 radical (unpaired) electrons. The minimum atomic E-state index is -3.23. The number of halogens is 1. The van der Waals surface area contributed by atoms with Crippen LogP contribution in [0.4, 0.5) is 0 Å². The summed E-state index contributed by atoms with van der Waals surface area (Å²) in [5, 5.41) is 3.28. The van der Waals surface area contributed by atoms with Gasteiger partial charge in [0.05, 0.1) is 18.9 Å². The predicted octanol–water partition coefficient (Wildman–Crippen LogP) is 1.65. The highest BCUT2D eigenvalue weighted by molar-refractivity contribution is 14.0. The summed E-state index contributed by atoms with van der Waals surface area (Å²) in [6.45, 7) is 9.07. The van der Waals surface area contributed by atoms with E-state index in [0.29, 0.717) is 18.4 Å². The number of nitrogens with zero attached hydrogens (tertiary/aromatic N) is 2. The van der Waals surface area contributed by atoms with Crippen molar-refractivity contribution in [2.45, 2.75) is 39.5 Å². The Hall–Kier alpha value is -0.130. The lowest BCUT2D eigenvalue weighted by molar-refractivity contribution is 0.114. The summed E-state index contributed by atoms with van der Waals surface area (Å²) in [5.41, 5.74) is 0. The second-order valence-corrected chi connectivity index (χ2v) is 8.89. The first-order valence-electron chi connectivity index (χ1n) is 9.62. The van der Waals surface area contributed by atoms with E-state index < -0.39 is 10.0 Å². The van der Waals surface area contributed by atoms with Crippen LogP contribution in [0.25, 0.3) is 0 Å². The SMILES string of the molecule is CCNC(=NCCS(=O)(=O)NCC1CCC1)N1CCC(COCC)C1.I. The van der Waals surface area contributed by atoms with Gasteiger partial charge in [0.25, 0.3) is 0 Å². The Bertz CT molecular complexity index is 526. The Balaban J connectivity index is 0.00000338. The van der Waals surface area contributed by atoms with Crippen LogP contribution in [0.5, 0.6) is 0 Å². The summed E-state index contributed by atoms with van der Waals surface area (Å²) in [6.07, 6.45) is 4.60. The van der Waals surface area contributed by atoms with Crippen molar-refractivity contribution < 1.29 is 13.2 Å². The van der Waals surface area contributed by atoms with Gasteiger partial charge in [-0.05, 0) is 39.0 Å². The lowest BCUT2D eigenvalue weighted by atomic mass is 9.86. The Morgan fingerprint density at radius 1 is 1.23 bits per heavy atom. The van der Waals surface area contributed by atoms with Crippen molar-refractivity contribution in [3.8, 4) is 0 Å². The molecule has 1 unspecified atom stereocenters. The number of ether oxygens (including phenoxy) is 1. The first-order chi connectivity index (χ1) is 12.0. The number of rotatable bonds is 10. The molecular formula is C17H35IN4O3S. The molecule has 1 heterocycles. The molecule has 0 aromatic carbocycles. The van der Waals surface area contributed by atoms with Crippen molar-refractivity contribution in [2.24, 2.45) is 16.8 Å². The average molecular weight is 502 g/mol. The van der Waals surface area contributed by atoms with Crippen molar-refractivity contribution in [3.05, 3.63) is 0 Å². The summed E-state index contributed by atoms with van der Waals surface area (Å²) < 4.78 is 32.4. The van der Waals surface area contributed by atoms with Crippen molar-refractivity contribution in [1.82, 2.24) is 14.9 Å². The monoisotopic (exact) mass is 502 g/mol. The fourth-order valence-corrected chi connectivity index (χ4v) is 4.12. The summed E-state index contributed by atoms with van der Waals surface area (Å²) in [5.74, 6) is 1.92. The molecule has 1 saturated heterocycles. The quantitative estimate of drug-likeness (QED) is 0.270. The van der Waals surface area contributed by atoms with Gasteiger partial charge in [0.15, 0.2) is 5.96 Å². The van der Waals surface area contributed by atoms with E-state index in [4.69, 9.17) is 4.74 Å². The third kappa shape index (κ3) is 8.26. The van der Waals surface area contributed by atoms with Gasteiger partial charge >= 0.3 is 0 Å². The molecule has 2 fully saturated rings. The Morgan fingerprint density at radius 2 is 2.00 bits per heavy atom. The van der Waals surface area contributed by atoms with Crippen LogP contribution in [0.2, 0.25) is 0 Å². The molecule has 0 bridgehead atoms. The van der Waals surface area contributed by atoms with Gasteiger partial charge in [0.2, 0.25) is 10.0 Å². The number of likely N-dealkylation sites (tertiary alicyclic amines) is 1. The van der Waals surface area contributed by atoms with Gasteiger partial charge in [0, 0.05) is 38.7 Å². The fourth-order valence-electron chi connectivity index (χ4n) is 3.16. The molecule has 26 heavy (non-hydrogen) atoms. The molecule has 9 heteroatoms. The molecule has 2 rings (SSSR count). The molecule has 154 valence electrons. The number of hydrogen-bond donors (Lipinski definition) is 2. The van der Waals surface area contributed by atoms with Crippen LogP contribution in [0.3, 0.4) is 0 Å². The zero-order valence-corrected chi connectivity index (χ0v) is 19.2. The van der Waals surface area contributed by atoms with Crippen LogP contribution in [0, 0.1) is 11.8 Å². The molecule has 0 amide bonds. The van der Waals surface area contributed by atoms with Gasteiger partial charge in [-0.15, -0.1) is 24.0 Å². The Morgan fingerprint density at radius 3 is 2.62 bits per heavy atom. The van der Waals surface area contributed by atoms with Gasteiger partial charge in [-0.2, -0.15) is 0 Å². The van der Waals surface area contributed by atoms with E-state index >= 15 is 0 Å². The summed E-state index contributed by atoms with van der Waals surface area (Å²) in [6, 6.07) is 0. The molecule has 2 N–H and O–H groups in total. The number of aliphatic imine (C=N–C) groups is 1. The van der Waals surface area contributed by atoms with E-state index in [1.165, 1.54) is 6.42 Å². The zero-order chi connectivity index (χ0) is 18.1. The Labute approximate surface area is 175 Å². The maximum atomic E-state index is 12.1. The smallest absolute Gasteiger partial charge is 0.213 e. The maximum Gasteiger partial charge on any atom is 0.213 e. The zero-order valence-electron chi connectivity index (χ0n) is 16.1. The molecule has 1 aliphatic heterocycles. The van der Waals surface area contributed by atoms with Crippen LogP contribution in [0.15, 0.2) is 4.99 Å². The van der Waals surface area contributed by atoms with Crippen molar-refractivity contribution in [3.63, 3.8) is 0 Å². The van der Waals surface area contributed by atoms with Crippen LogP contribution in [-0.4, -0.2) is 71.0 Å². The molecule has 0 spiro atoms. The highest BCUT2D eigenvalue weighted by Crippen LogP contribution is 2.25. The minimum Gasteiger partial charge on any atom is -0.381 e. The average Bonchev–Trinajstić information content (AvgIpc) is 2.99. The van der Waals surface area contributed by atoms with Gasteiger partial charge in [-0.3, -0.25) is 4.99 Å². The summed E-state index contributed by atoms with van der Waals surface area (Å²) in [4.78, 5) is 6.74. The molecular weight excluding hydrogens is 467 g/mol. The van der Waals surface area contributed by atoms with Gasteiger partial charge < -0.3 is 15.0 Å². The fraction of sp³-hybridized carbons (Fsp3) is 0.941. The number of nitrogens with one attached hydrogen (secondary N) is 2. The van der Waals surface area contributed by atoms with Gasteiger partial charge in [0.1, 0.15) is 0 Å². The topological polar surface area (TPSA) is 83.0 Å². The molecule has 1 atom stereocenters. The highest BCUT2D eigenvalue weighted by atomic mass is 127. The molecule has 0 aromatic heterocycles. The standard InChI is InChI=1S/C17H34N4O3S.HI/c1-3-18-17(21-10-8-16(13-21)14-24-4-2)19-9-11-25(22,23)20-12-15-6-5-7-15;/h15-16,20H,3-14H2,1-2H3,(H,18,19);1H. The molecule has 2 aliphatic rings. The van der Waals surface area contributed by atoms with Crippen LogP contribution in [-0.2, 0) is 14.8 Å². The first-order valence-corrected chi connectivity index (χ1v) is 11.3. The van der Waals surface area contributed by atoms with E-state index in [-0.39, 0.29) is 36.3 Å². The van der Waals surface area contributed by atoms with Crippen LogP contribution >= 0.6 is 24.0 Å². The van der Waals surface area contributed by atoms with Gasteiger partial charge in [-0.1, -0.05) is 6.42 Å². The second-order valence-electron chi connectivity index (χ2n) is 6.96. The van der Waals surface area contributed by atoms with Crippen molar-refractivity contribution >= 4 is 40.0 Å². The normalized spacial score (nSPS) is 21.4. The molecule has 7 nitrogen and oxygen atoms in total. The van der Waals surface area contributed by atoms with Crippen molar-refractivity contribution in [1.29, 1.82) is 0 Å². The van der Waals surface area contributed by atoms with E-state index in [1.54, 1.807) is 0 Å². The number of hydrogen-bond acceptors (Lipinski definition) is 4.